The Labute approximate surface area is 153 Å². The van der Waals surface area contributed by atoms with Crippen molar-refractivity contribution in [1.29, 1.82) is 0 Å². The molecule has 0 aliphatic carbocycles. The molecule has 0 bridgehead atoms. The molecule has 0 saturated carbocycles. The Bertz CT molecular complexity index is 817. The number of nitrogens with two attached hydrogens (primary N) is 1. The van der Waals surface area contributed by atoms with Gasteiger partial charge in [-0.2, -0.15) is 0 Å². The minimum atomic E-state index is -0.0792. The van der Waals surface area contributed by atoms with E-state index in [0.29, 0.717) is 24.5 Å². The Kier molecular flexibility index (Phi) is 5.53. The SMILES string of the molecule is CN(C)CCNC(=O)c1cccc(-c2cnc(N)c(C3C=COC3)c2)c1. The zero-order chi connectivity index (χ0) is 18.5. The first-order chi connectivity index (χ1) is 12.5. The lowest BCUT2D eigenvalue weighted by atomic mass is 9.97. The maximum Gasteiger partial charge on any atom is 0.251 e. The molecule has 3 N–H and O–H groups in total. The van der Waals surface area contributed by atoms with Crippen LogP contribution in [0.15, 0.2) is 48.9 Å². The third-order valence-corrected chi connectivity index (χ3v) is 4.33. The molecule has 0 radical (unpaired) electrons. The summed E-state index contributed by atoms with van der Waals surface area (Å²) in [5.41, 5.74) is 9.47. The van der Waals surface area contributed by atoms with Gasteiger partial charge in [-0.1, -0.05) is 12.1 Å². The number of nitrogens with zero attached hydrogens (tertiary/aromatic N) is 2. The van der Waals surface area contributed by atoms with E-state index in [4.69, 9.17) is 10.5 Å². The van der Waals surface area contributed by atoms with Gasteiger partial charge in [0.1, 0.15) is 5.82 Å². The van der Waals surface area contributed by atoms with Gasteiger partial charge in [-0.3, -0.25) is 4.79 Å². The van der Waals surface area contributed by atoms with Crippen molar-refractivity contribution in [2.75, 3.05) is 39.5 Å². The number of ether oxygens (including phenoxy) is 1. The van der Waals surface area contributed by atoms with Crippen molar-refractivity contribution in [2.24, 2.45) is 0 Å². The zero-order valence-corrected chi connectivity index (χ0v) is 15.1. The molecular formula is C20H24N4O2. The number of carbonyl (C=O) groups excluding carboxylic acids is 1. The summed E-state index contributed by atoms with van der Waals surface area (Å²) in [6.45, 7) is 1.98. The molecule has 1 aliphatic heterocycles. The lowest BCUT2D eigenvalue weighted by Crippen LogP contribution is -2.31. The molecule has 6 heteroatoms. The van der Waals surface area contributed by atoms with Gasteiger partial charge >= 0.3 is 0 Å². The molecule has 0 saturated heterocycles. The number of anilines is 1. The fraction of sp³-hybridized carbons (Fsp3) is 0.300. The fourth-order valence-electron chi connectivity index (χ4n) is 2.84. The van der Waals surface area contributed by atoms with Gasteiger partial charge in [0.05, 0.1) is 12.9 Å². The molecule has 2 heterocycles. The molecule has 1 aromatic carbocycles. The van der Waals surface area contributed by atoms with Crippen LogP contribution in [0, 0.1) is 0 Å². The van der Waals surface area contributed by atoms with Crippen LogP contribution in [0.25, 0.3) is 11.1 Å². The molecule has 136 valence electrons. The number of nitrogens with one attached hydrogen (secondary N) is 1. The van der Waals surface area contributed by atoms with Crippen LogP contribution in [0.1, 0.15) is 21.8 Å². The summed E-state index contributed by atoms with van der Waals surface area (Å²) >= 11 is 0. The van der Waals surface area contributed by atoms with Gasteiger partial charge in [0.15, 0.2) is 0 Å². The lowest BCUT2D eigenvalue weighted by Gasteiger charge is -2.13. The Balaban J connectivity index is 1.80. The van der Waals surface area contributed by atoms with Gasteiger partial charge in [-0.05, 0) is 43.9 Å². The average molecular weight is 352 g/mol. The molecule has 2 aromatic rings. The second kappa shape index (κ2) is 8.01. The van der Waals surface area contributed by atoms with E-state index in [1.807, 2.05) is 55.4 Å². The second-order valence-electron chi connectivity index (χ2n) is 6.61. The van der Waals surface area contributed by atoms with E-state index in [9.17, 15) is 4.79 Å². The van der Waals surface area contributed by atoms with Gasteiger partial charge in [0.2, 0.25) is 0 Å². The molecule has 0 spiro atoms. The lowest BCUT2D eigenvalue weighted by molar-refractivity contribution is 0.0951. The van der Waals surface area contributed by atoms with E-state index >= 15 is 0 Å². The quantitative estimate of drug-likeness (QED) is 0.833. The number of aromatic nitrogens is 1. The minimum absolute atomic E-state index is 0.0792. The van der Waals surface area contributed by atoms with Crippen LogP contribution in [-0.2, 0) is 4.74 Å². The molecule has 1 aliphatic rings. The van der Waals surface area contributed by atoms with Crippen molar-refractivity contribution >= 4 is 11.7 Å². The van der Waals surface area contributed by atoms with Crippen molar-refractivity contribution in [3.8, 4) is 11.1 Å². The molecule has 0 fully saturated rings. The molecule has 26 heavy (non-hydrogen) atoms. The fourth-order valence-corrected chi connectivity index (χ4v) is 2.84. The Morgan fingerprint density at radius 3 is 2.92 bits per heavy atom. The van der Waals surface area contributed by atoms with Crippen LogP contribution < -0.4 is 11.1 Å². The number of amides is 1. The summed E-state index contributed by atoms with van der Waals surface area (Å²) in [6, 6.07) is 9.56. The van der Waals surface area contributed by atoms with E-state index in [0.717, 1.165) is 23.2 Å². The summed E-state index contributed by atoms with van der Waals surface area (Å²) in [5, 5.41) is 2.93. The number of pyridine rings is 1. The number of likely N-dealkylation sites (N-methyl/N-ethyl adjacent to an activating group) is 1. The standard InChI is InChI=1S/C20H24N4O2/c1-24(2)8-7-22-20(25)15-5-3-4-14(10-15)17-11-18(19(21)23-12-17)16-6-9-26-13-16/h3-6,9-12,16H,7-8,13H2,1-2H3,(H2,21,23)(H,22,25). The third kappa shape index (κ3) is 4.21. The highest BCUT2D eigenvalue weighted by atomic mass is 16.5. The number of hydrogen-bond donors (Lipinski definition) is 2. The molecule has 1 amide bonds. The first kappa shape index (κ1) is 17.9. The number of benzene rings is 1. The first-order valence-corrected chi connectivity index (χ1v) is 8.61. The number of rotatable bonds is 6. The van der Waals surface area contributed by atoms with Gasteiger partial charge in [0.25, 0.3) is 5.91 Å². The molecule has 6 nitrogen and oxygen atoms in total. The molecule has 1 unspecified atom stereocenters. The van der Waals surface area contributed by atoms with Crippen molar-refractivity contribution in [2.45, 2.75) is 5.92 Å². The summed E-state index contributed by atoms with van der Waals surface area (Å²) in [6.07, 6.45) is 5.41. The largest absolute Gasteiger partial charge is 0.501 e. The molecular weight excluding hydrogens is 328 g/mol. The predicted molar refractivity (Wildman–Crippen MR) is 103 cm³/mol. The van der Waals surface area contributed by atoms with E-state index in [1.165, 1.54) is 0 Å². The number of carbonyl (C=O) groups is 1. The normalized spacial score (nSPS) is 15.9. The Hall–Kier alpha value is -2.86. The summed E-state index contributed by atoms with van der Waals surface area (Å²) in [7, 11) is 3.95. The highest BCUT2D eigenvalue weighted by molar-refractivity contribution is 5.95. The zero-order valence-electron chi connectivity index (χ0n) is 15.1. The van der Waals surface area contributed by atoms with Crippen molar-refractivity contribution in [1.82, 2.24) is 15.2 Å². The minimum Gasteiger partial charge on any atom is -0.501 e. The second-order valence-corrected chi connectivity index (χ2v) is 6.61. The molecule has 3 rings (SSSR count). The highest BCUT2D eigenvalue weighted by Gasteiger charge is 2.18. The van der Waals surface area contributed by atoms with Gasteiger partial charge < -0.3 is 20.7 Å². The Morgan fingerprint density at radius 2 is 2.19 bits per heavy atom. The summed E-state index contributed by atoms with van der Waals surface area (Å²) < 4.78 is 5.30. The monoisotopic (exact) mass is 352 g/mol. The molecule has 1 atom stereocenters. The summed E-state index contributed by atoms with van der Waals surface area (Å²) in [5.74, 6) is 0.538. The maximum absolute atomic E-state index is 12.3. The smallest absolute Gasteiger partial charge is 0.251 e. The van der Waals surface area contributed by atoms with Crippen molar-refractivity contribution in [3.05, 3.63) is 60.0 Å². The van der Waals surface area contributed by atoms with Crippen molar-refractivity contribution in [3.63, 3.8) is 0 Å². The van der Waals surface area contributed by atoms with Crippen LogP contribution >= 0.6 is 0 Å². The van der Waals surface area contributed by atoms with E-state index in [2.05, 4.69) is 10.3 Å². The summed E-state index contributed by atoms with van der Waals surface area (Å²) in [4.78, 5) is 18.7. The van der Waals surface area contributed by atoms with Gasteiger partial charge in [-0.15, -0.1) is 0 Å². The van der Waals surface area contributed by atoms with Crippen molar-refractivity contribution < 1.29 is 9.53 Å². The van der Waals surface area contributed by atoms with Gasteiger partial charge in [-0.25, -0.2) is 4.98 Å². The van der Waals surface area contributed by atoms with Crippen LogP contribution in [-0.4, -0.2) is 49.6 Å². The number of nitrogen functional groups attached to an aromatic ring is 1. The third-order valence-electron chi connectivity index (χ3n) is 4.33. The average Bonchev–Trinajstić information content (AvgIpc) is 3.16. The predicted octanol–water partition coefficient (Wildman–Crippen LogP) is 2.25. The van der Waals surface area contributed by atoms with Crippen LogP contribution in [0.5, 0.6) is 0 Å². The van der Waals surface area contributed by atoms with Crippen LogP contribution in [0.3, 0.4) is 0 Å². The van der Waals surface area contributed by atoms with E-state index < -0.39 is 0 Å². The maximum atomic E-state index is 12.3. The van der Waals surface area contributed by atoms with Gasteiger partial charge in [0, 0.05) is 41.9 Å². The number of hydrogen-bond acceptors (Lipinski definition) is 5. The van der Waals surface area contributed by atoms with Crippen LogP contribution in [0.4, 0.5) is 5.82 Å². The van der Waals surface area contributed by atoms with Crippen LogP contribution in [0.2, 0.25) is 0 Å². The van der Waals surface area contributed by atoms with E-state index in [1.54, 1.807) is 12.5 Å². The highest BCUT2D eigenvalue weighted by Crippen LogP contribution is 2.30. The Morgan fingerprint density at radius 1 is 1.35 bits per heavy atom. The first-order valence-electron chi connectivity index (χ1n) is 8.61. The van der Waals surface area contributed by atoms with E-state index in [-0.39, 0.29) is 11.8 Å². The molecule has 1 aromatic heterocycles. The topological polar surface area (TPSA) is 80.5 Å².